The molecule has 1 aliphatic rings. The van der Waals surface area contributed by atoms with Gasteiger partial charge < -0.3 is 20.1 Å². The van der Waals surface area contributed by atoms with Crippen LogP contribution in [0.1, 0.15) is 82.9 Å². The van der Waals surface area contributed by atoms with Crippen LogP contribution in [0.15, 0.2) is 35.3 Å². The highest BCUT2D eigenvalue weighted by Crippen LogP contribution is 2.30. The number of aromatic nitrogens is 1. The lowest BCUT2D eigenvalue weighted by Gasteiger charge is -2.26. The molecule has 1 unspecified atom stereocenters. The molecule has 0 amide bonds. The summed E-state index contributed by atoms with van der Waals surface area (Å²) in [7, 11) is 0. The highest BCUT2D eigenvalue weighted by molar-refractivity contribution is 5.84. The number of carboxylic acids is 1. The summed E-state index contributed by atoms with van der Waals surface area (Å²) >= 11 is 0. The Hall–Kier alpha value is -2.67. The molecule has 0 bridgehead atoms. The SMILES string of the molecule is CCC(CC)n1cc(C(O)C/C=C/C(=O)O)c(=O)c2cc(F)c(NC3CCCCC3)cc21. The summed E-state index contributed by atoms with van der Waals surface area (Å²) in [4.78, 5) is 23.9. The van der Waals surface area contributed by atoms with E-state index in [2.05, 4.69) is 19.2 Å². The highest BCUT2D eigenvalue weighted by atomic mass is 19.1. The van der Waals surface area contributed by atoms with Crippen LogP contribution in [0.2, 0.25) is 0 Å². The molecule has 0 radical (unpaired) electrons. The Kier molecular flexibility index (Phi) is 8.07. The van der Waals surface area contributed by atoms with Crippen LogP contribution in [-0.2, 0) is 4.79 Å². The van der Waals surface area contributed by atoms with Crippen molar-refractivity contribution in [3.05, 3.63) is 52.1 Å². The van der Waals surface area contributed by atoms with E-state index in [0.29, 0.717) is 11.2 Å². The third-order valence-electron chi connectivity index (χ3n) is 6.43. The van der Waals surface area contributed by atoms with E-state index in [1.807, 2.05) is 4.57 Å². The molecule has 1 heterocycles. The number of carboxylic acid groups (broad SMARTS) is 1. The van der Waals surface area contributed by atoms with Crippen LogP contribution in [0.25, 0.3) is 10.9 Å². The molecule has 7 heteroatoms. The summed E-state index contributed by atoms with van der Waals surface area (Å²) in [6.07, 6.45) is 9.82. The second-order valence-electron chi connectivity index (χ2n) is 8.61. The van der Waals surface area contributed by atoms with E-state index in [1.165, 1.54) is 18.6 Å². The van der Waals surface area contributed by atoms with E-state index in [-0.39, 0.29) is 29.5 Å². The average molecular weight is 445 g/mol. The van der Waals surface area contributed by atoms with Crippen molar-refractivity contribution >= 4 is 22.6 Å². The van der Waals surface area contributed by atoms with Crippen molar-refractivity contribution in [2.75, 3.05) is 5.32 Å². The fourth-order valence-corrected chi connectivity index (χ4v) is 4.61. The van der Waals surface area contributed by atoms with Gasteiger partial charge in [-0.1, -0.05) is 39.2 Å². The summed E-state index contributed by atoms with van der Waals surface area (Å²) in [6, 6.07) is 3.29. The number of nitrogens with one attached hydrogen (secondary N) is 1. The number of anilines is 1. The lowest BCUT2D eigenvalue weighted by molar-refractivity contribution is -0.131. The molecular weight excluding hydrogens is 411 g/mol. The first-order valence-corrected chi connectivity index (χ1v) is 11.6. The number of halogens is 1. The molecule has 2 aromatic rings. The summed E-state index contributed by atoms with van der Waals surface area (Å²) in [5.74, 6) is -1.60. The van der Waals surface area contributed by atoms with Gasteiger partial charge in [-0.15, -0.1) is 0 Å². The number of aliphatic carboxylic acids is 1. The van der Waals surface area contributed by atoms with Gasteiger partial charge in [-0.3, -0.25) is 4.79 Å². The number of aliphatic hydroxyl groups is 1. The van der Waals surface area contributed by atoms with Crippen LogP contribution < -0.4 is 10.7 Å². The molecule has 1 aromatic heterocycles. The third kappa shape index (κ3) is 5.38. The quantitative estimate of drug-likeness (QED) is 0.456. The zero-order valence-electron chi connectivity index (χ0n) is 18.8. The summed E-state index contributed by atoms with van der Waals surface area (Å²) in [5, 5.41) is 22.9. The number of pyridine rings is 1. The Balaban J connectivity index is 2.09. The van der Waals surface area contributed by atoms with Crippen molar-refractivity contribution in [3.8, 4) is 0 Å². The van der Waals surface area contributed by atoms with Crippen molar-refractivity contribution in [1.82, 2.24) is 4.57 Å². The van der Waals surface area contributed by atoms with Gasteiger partial charge in [0.15, 0.2) is 5.43 Å². The maximum atomic E-state index is 15.0. The van der Waals surface area contributed by atoms with E-state index >= 15 is 4.39 Å². The first-order valence-electron chi connectivity index (χ1n) is 11.6. The molecule has 1 atom stereocenters. The van der Waals surface area contributed by atoms with E-state index in [4.69, 9.17) is 5.11 Å². The molecule has 3 N–H and O–H groups in total. The number of carbonyl (C=O) groups is 1. The summed E-state index contributed by atoms with van der Waals surface area (Å²) in [6.45, 7) is 4.10. The fraction of sp³-hybridized carbons (Fsp3) is 0.520. The van der Waals surface area contributed by atoms with Crippen molar-refractivity contribution in [2.45, 2.75) is 83.4 Å². The zero-order valence-corrected chi connectivity index (χ0v) is 18.8. The molecule has 32 heavy (non-hydrogen) atoms. The molecule has 0 aliphatic heterocycles. The van der Waals surface area contributed by atoms with Crippen LogP contribution in [0.4, 0.5) is 10.1 Å². The minimum atomic E-state index is -1.17. The first kappa shape index (κ1) is 24.0. The molecule has 1 aliphatic carbocycles. The largest absolute Gasteiger partial charge is 0.478 e. The number of rotatable bonds is 9. The van der Waals surface area contributed by atoms with Gasteiger partial charge in [-0.2, -0.15) is 0 Å². The number of benzene rings is 1. The normalized spacial score (nSPS) is 16.2. The van der Waals surface area contributed by atoms with Gasteiger partial charge in [0, 0.05) is 35.3 Å². The Morgan fingerprint density at radius 2 is 1.94 bits per heavy atom. The van der Waals surface area contributed by atoms with Crippen LogP contribution in [0, 0.1) is 5.82 Å². The Bertz CT molecular complexity index is 1040. The zero-order chi connectivity index (χ0) is 23.3. The second kappa shape index (κ2) is 10.8. The average Bonchev–Trinajstić information content (AvgIpc) is 2.77. The minimum Gasteiger partial charge on any atom is -0.478 e. The molecule has 1 fully saturated rings. The van der Waals surface area contributed by atoms with Gasteiger partial charge >= 0.3 is 5.97 Å². The second-order valence-corrected chi connectivity index (χ2v) is 8.61. The van der Waals surface area contributed by atoms with E-state index in [1.54, 1.807) is 12.3 Å². The molecule has 1 aromatic carbocycles. The Labute approximate surface area is 187 Å². The van der Waals surface area contributed by atoms with Crippen LogP contribution in [0.3, 0.4) is 0 Å². The molecular formula is C25H33FN2O4. The van der Waals surface area contributed by atoms with Gasteiger partial charge in [-0.25, -0.2) is 9.18 Å². The first-order chi connectivity index (χ1) is 15.3. The maximum absolute atomic E-state index is 15.0. The maximum Gasteiger partial charge on any atom is 0.327 e. The highest BCUT2D eigenvalue weighted by Gasteiger charge is 2.21. The molecule has 1 saturated carbocycles. The van der Waals surface area contributed by atoms with Crippen molar-refractivity contribution < 1.29 is 19.4 Å². The van der Waals surface area contributed by atoms with E-state index in [9.17, 15) is 14.7 Å². The molecule has 3 rings (SSSR count). The van der Waals surface area contributed by atoms with Crippen LogP contribution in [-0.4, -0.2) is 26.8 Å². The number of nitrogens with zero attached hydrogens (tertiary/aromatic N) is 1. The van der Waals surface area contributed by atoms with Crippen molar-refractivity contribution in [2.24, 2.45) is 0 Å². The smallest absolute Gasteiger partial charge is 0.327 e. The van der Waals surface area contributed by atoms with E-state index in [0.717, 1.165) is 44.6 Å². The summed E-state index contributed by atoms with van der Waals surface area (Å²) in [5.41, 5.74) is 0.759. The Morgan fingerprint density at radius 1 is 1.25 bits per heavy atom. The Morgan fingerprint density at radius 3 is 2.56 bits per heavy atom. The summed E-state index contributed by atoms with van der Waals surface area (Å²) < 4.78 is 17.0. The van der Waals surface area contributed by atoms with Gasteiger partial charge in [-0.05, 0) is 44.2 Å². The lowest BCUT2D eigenvalue weighted by Crippen LogP contribution is -2.24. The van der Waals surface area contributed by atoms with Crippen molar-refractivity contribution in [1.29, 1.82) is 0 Å². The lowest BCUT2D eigenvalue weighted by atomic mass is 9.95. The predicted molar refractivity (Wildman–Crippen MR) is 125 cm³/mol. The molecule has 0 saturated heterocycles. The monoisotopic (exact) mass is 444 g/mol. The predicted octanol–water partition coefficient (Wildman–Crippen LogP) is 5.31. The van der Waals surface area contributed by atoms with Gasteiger partial charge in [0.2, 0.25) is 0 Å². The molecule has 174 valence electrons. The topological polar surface area (TPSA) is 91.6 Å². The van der Waals surface area contributed by atoms with E-state index < -0.39 is 23.3 Å². The molecule has 6 nitrogen and oxygen atoms in total. The number of aliphatic hydroxyl groups excluding tert-OH is 1. The minimum absolute atomic E-state index is 0.0141. The van der Waals surface area contributed by atoms with Gasteiger partial charge in [0.05, 0.1) is 17.3 Å². The fourth-order valence-electron chi connectivity index (χ4n) is 4.61. The van der Waals surface area contributed by atoms with Gasteiger partial charge in [0.25, 0.3) is 0 Å². The van der Waals surface area contributed by atoms with Crippen molar-refractivity contribution in [3.63, 3.8) is 0 Å². The third-order valence-corrected chi connectivity index (χ3v) is 6.43. The number of hydrogen-bond donors (Lipinski definition) is 3. The number of hydrogen-bond acceptors (Lipinski definition) is 4. The number of fused-ring (bicyclic) bond motifs is 1. The van der Waals surface area contributed by atoms with Gasteiger partial charge in [0.1, 0.15) is 5.82 Å². The van der Waals surface area contributed by atoms with Crippen LogP contribution in [0.5, 0.6) is 0 Å². The standard InChI is InChI=1S/C25H33FN2O4/c1-3-17(4-2)28-15-19(23(29)11-8-12-24(30)31)25(32)18-13-20(26)21(14-22(18)28)27-16-9-6-5-7-10-16/h8,12-17,23,27,29H,3-7,9-11H2,1-2H3,(H,30,31)/b12-8+. The van der Waals surface area contributed by atoms with Crippen LogP contribution >= 0.6 is 0 Å². The molecule has 0 spiro atoms.